The maximum Gasteiger partial charge on any atom is 0.326 e. The Labute approximate surface area is 194 Å². The van der Waals surface area contributed by atoms with Gasteiger partial charge in [-0.2, -0.15) is 0 Å². The molecule has 192 valence electrons. The number of nitrogens with two attached hydrogens (primary N) is 2. The van der Waals surface area contributed by atoms with Gasteiger partial charge in [-0.05, 0) is 18.8 Å². The van der Waals surface area contributed by atoms with Gasteiger partial charge in [-0.3, -0.25) is 28.8 Å². The largest absolute Gasteiger partial charge is 0.481 e. The summed E-state index contributed by atoms with van der Waals surface area (Å²) in [4.78, 5) is 81.8. The summed E-state index contributed by atoms with van der Waals surface area (Å²) in [6.45, 7) is 3.40. The third kappa shape index (κ3) is 12.3. The summed E-state index contributed by atoms with van der Waals surface area (Å²) in [7, 11) is 0. The first-order valence-corrected chi connectivity index (χ1v) is 10.2. The van der Waals surface area contributed by atoms with E-state index in [0.717, 1.165) is 0 Å². The maximum atomic E-state index is 12.6. The molecule has 0 aromatic heterocycles. The molecule has 0 fully saturated rings. The van der Waals surface area contributed by atoms with E-state index in [0.29, 0.717) is 0 Å². The minimum Gasteiger partial charge on any atom is -0.481 e. The Morgan fingerprint density at radius 3 is 1.50 bits per heavy atom. The minimum atomic E-state index is -1.77. The van der Waals surface area contributed by atoms with Crippen LogP contribution >= 0.6 is 0 Å². The van der Waals surface area contributed by atoms with Crippen LogP contribution < -0.4 is 27.4 Å². The number of rotatable bonds is 16. The van der Waals surface area contributed by atoms with Gasteiger partial charge in [0.15, 0.2) is 0 Å². The average Bonchev–Trinajstić information content (AvgIpc) is 2.68. The maximum absolute atomic E-state index is 12.6. The zero-order valence-corrected chi connectivity index (χ0v) is 18.8. The lowest BCUT2D eigenvalue weighted by Gasteiger charge is -2.24. The van der Waals surface area contributed by atoms with Crippen LogP contribution in [0.3, 0.4) is 0 Å². The molecule has 0 aliphatic heterocycles. The summed E-state index contributed by atoms with van der Waals surface area (Å²) in [5, 5.41) is 33.6. The van der Waals surface area contributed by atoms with Crippen LogP contribution in [0, 0.1) is 5.92 Å². The van der Waals surface area contributed by atoms with Crippen LogP contribution in [0.15, 0.2) is 0 Å². The Morgan fingerprint density at radius 2 is 1.15 bits per heavy atom. The third-order valence-electron chi connectivity index (χ3n) is 4.38. The number of amides is 4. The van der Waals surface area contributed by atoms with E-state index in [1.165, 1.54) is 0 Å². The van der Waals surface area contributed by atoms with Gasteiger partial charge in [-0.25, -0.2) is 4.79 Å². The second-order valence-corrected chi connectivity index (χ2v) is 7.96. The zero-order valence-electron chi connectivity index (χ0n) is 18.8. The number of carboxylic acid groups (broad SMARTS) is 3. The molecule has 0 aliphatic carbocycles. The highest BCUT2D eigenvalue weighted by atomic mass is 16.4. The first kappa shape index (κ1) is 30.2. The van der Waals surface area contributed by atoms with Crippen molar-refractivity contribution < 1.29 is 48.9 Å². The second-order valence-electron chi connectivity index (χ2n) is 7.96. The van der Waals surface area contributed by atoms with Crippen LogP contribution in [0.25, 0.3) is 0 Å². The van der Waals surface area contributed by atoms with Crippen molar-refractivity contribution in [2.24, 2.45) is 17.4 Å². The third-order valence-corrected chi connectivity index (χ3v) is 4.38. The molecule has 0 spiro atoms. The van der Waals surface area contributed by atoms with Crippen molar-refractivity contribution in [1.29, 1.82) is 0 Å². The molecule has 0 radical (unpaired) electrons. The number of carbonyl (C=O) groups is 7. The van der Waals surface area contributed by atoms with Crippen molar-refractivity contribution in [3.63, 3.8) is 0 Å². The van der Waals surface area contributed by atoms with E-state index in [1.807, 2.05) is 5.32 Å². The number of carbonyl (C=O) groups excluding carboxylic acids is 4. The SMILES string of the molecule is CC(C)CC(NC(=O)C(CC(=O)O)NC(=O)C(CC(=O)O)NC(=O)C(N)CCC(N)=O)C(=O)O. The van der Waals surface area contributed by atoms with Gasteiger partial charge in [0.25, 0.3) is 0 Å². The Kier molecular flexibility index (Phi) is 12.8. The lowest BCUT2D eigenvalue weighted by atomic mass is 10.0. The van der Waals surface area contributed by atoms with Crippen molar-refractivity contribution in [3.05, 3.63) is 0 Å². The Bertz CT molecular complexity index is 800. The fourth-order valence-corrected chi connectivity index (χ4v) is 2.71. The molecule has 0 saturated carbocycles. The van der Waals surface area contributed by atoms with E-state index in [4.69, 9.17) is 21.7 Å². The first-order chi connectivity index (χ1) is 15.6. The van der Waals surface area contributed by atoms with Gasteiger partial charge in [-0.1, -0.05) is 13.8 Å². The summed E-state index contributed by atoms with van der Waals surface area (Å²) in [5.74, 6) is -8.58. The molecule has 0 bridgehead atoms. The second kappa shape index (κ2) is 14.4. The molecular formula is C19H31N5O10. The normalized spacial score (nSPS) is 14.2. The van der Waals surface area contributed by atoms with Crippen LogP contribution in [0.1, 0.15) is 46.0 Å². The van der Waals surface area contributed by atoms with Gasteiger partial charge in [0.05, 0.1) is 18.9 Å². The molecule has 4 amide bonds. The van der Waals surface area contributed by atoms with E-state index in [2.05, 4.69) is 10.6 Å². The summed E-state index contributed by atoms with van der Waals surface area (Å²) in [6.07, 6.45) is -2.29. The van der Waals surface area contributed by atoms with Crippen molar-refractivity contribution in [1.82, 2.24) is 16.0 Å². The molecule has 0 aliphatic rings. The summed E-state index contributed by atoms with van der Waals surface area (Å²) in [6, 6.07) is -6.18. The van der Waals surface area contributed by atoms with Crippen LogP contribution in [-0.2, 0) is 33.6 Å². The van der Waals surface area contributed by atoms with E-state index in [9.17, 15) is 38.7 Å². The quantitative estimate of drug-likeness (QED) is 0.109. The lowest BCUT2D eigenvalue weighted by molar-refractivity contribution is -0.145. The highest BCUT2D eigenvalue weighted by Gasteiger charge is 2.32. The summed E-state index contributed by atoms with van der Waals surface area (Å²) >= 11 is 0. The standard InChI is InChI=1S/C19H31N5O10/c1-8(2)5-12(19(33)34)24-18(32)11(7-15(28)29)23-17(31)10(6-14(26)27)22-16(30)9(20)3-4-13(21)25/h8-12H,3-7,20H2,1-2H3,(H2,21,25)(H,22,30)(H,23,31)(H,24,32)(H,26,27)(H,28,29)(H,33,34). The number of primary amides is 1. The number of nitrogens with one attached hydrogen (secondary N) is 3. The minimum absolute atomic E-state index is 0.0235. The smallest absolute Gasteiger partial charge is 0.326 e. The van der Waals surface area contributed by atoms with Gasteiger partial charge in [-0.15, -0.1) is 0 Å². The molecule has 0 aromatic carbocycles. The van der Waals surface area contributed by atoms with Crippen LogP contribution in [0.4, 0.5) is 0 Å². The Hall–Kier alpha value is -3.75. The van der Waals surface area contributed by atoms with E-state index in [1.54, 1.807) is 13.8 Å². The zero-order chi connectivity index (χ0) is 26.6. The van der Waals surface area contributed by atoms with Crippen molar-refractivity contribution in [3.8, 4) is 0 Å². The van der Waals surface area contributed by atoms with Gasteiger partial charge in [0.2, 0.25) is 23.6 Å². The summed E-state index contributed by atoms with van der Waals surface area (Å²) < 4.78 is 0. The molecule has 0 aromatic rings. The van der Waals surface area contributed by atoms with Gasteiger partial charge in [0, 0.05) is 6.42 Å². The number of hydrogen-bond acceptors (Lipinski definition) is 8. The lowest BCUT2D eigenvalue weighted by Crippen LogP contribution is -2.58. The Morgan fingerprint density at radius 1 is 0.735 bits per heavy atom. The van der Waals surface area contributed by atoms with E-state index in [-0.39, 0.29) is 25.2 Å². The van der Waals surface area contributed by atoms with E-state index < -0.39 is 78.5 Å². The first-order valence-electron chi connectivity index (χ1n) is 10.2. The highest BCUT2D eigenvalue weighted by molar-refractivity contribution is 5.96. The number of carboxylic acids is 3. The van der Waals surface area contributed by atoms with Crippen LogP contribution in [0.5, 0.6) is 0 Å². The monoisotopic (exact) mass is 489 g/mol. The molecule has 4 unspecified atom stereocenters. The molecule has 10 N–H and O–H groups in total. The fourth-order valence-electron chi connectivity index (χ4n) is 2.71. The topological polar surface area (TPSA) is 268 Å². The van der Waals surface area contributed by atoms with Gasteiger partial charge in [0.1, 0.15) is 18.1 Å². The van der Waals surface area contributed by atoms with Crippen molar-refractivity contribution >= 4 is 41.5 Å². The van der Waals surface area contributed by atoms with E-state index >= 15 is 0 Å². The molecule has 4 atom stereocenters. The fraction of sp³-hybridized carbons (Fsp3) is 0.632. The molecule has 15 nitrogen and oxygen atoms in total. The Balaban J connectivity index is 5.52. The molecule has 0 rings (SSSR count). The highest BCUT2D eigenvalue weighted by Crippen LogP contribution is 2.07. The average molecular weight is 489 g/mol. The summed E-state index contributed by atoms with van der Waals surface area (Å²) in [5.41, 5.74) is 10.6. The number of aliphatic carboxylic acids is 3. The van der Waals surface area contributed by atoms with Gasteiger partial charge < -0.3 is 42.7 Å². The van der Waals surface area contributed by atoms with Crippen LogP contribution in [-0.4, -0.2) is 81.0 Å². The molecule has 0 heterocycles. The predicted molar refractivity (Wildman–Crippen MR) is 114 cm³/mol. The van der Waals surface area contributed by atoms with Crippen molar-refractivity contribution in [2.75, 3.05) is 0 Å². The molecule has 15 heteroatoms. The molecular weight excluding hydrogens is 458 g/mol. The van der Waals surface area contributed by atoms with Crippen molar-refractivity contribution in [2.45, 2.75) is 70.1 Å². The molecule has 0 saturated heterocycles. The predicted octanol–water partition coefficient (Wildman–Crippen LogP) is -2.89. The molecule has 34 heavy (non-hydrogen) atoms. The van der Waals surface area contributed by atoms with Gasteiger partial charge >= 0.3 is 17.9 Å². The number of hydrogen-bond donors (Lipinski definition) is 8. The van der Waals surface area contributed by atoms with Crippen LogP contribution in [0.2, 0.25) is 0 Å².